The monoisotopic (exact) mass is 415 g/mol. The van der Waals surface area contributed by atoms with Crippen molar-refractivity contribution in [2.24, 2.45) is 0 Å². The Morgan fingerprint density at radius 2 is 1.29 bits per heavy atom. The van der Waals surface area contributed by atoms with Gasteiger partial charge in [-0.3, -0.25) is 10.1 Å². The Bertz CT molecular complexity index is 1200. The molecule has 3 aromatic rings. The molecule has 0 radical (unpaired) electrons. The summed E-state index contributed by atoms with van der Waals surface area (Å²) in [5.74, 6) is 4.77. The standard InChI is InChI=1S/C24H17NO6/c1-30-23(26)19-7-4-16(5-8-19)3-6-18-11-14-21(15-22(18)25(28)29)17-9-12-20(13-10-17)24(27)31-2/h4-5,7-15H,1-2H3. The SMILES string of the molecule is COC(=O)c1ccc(C#Cc2ccc(-c3ccc(C(=O)OC)cc3)cc2[N+](=O)[O-])cc1. The summed E-state index contributed by atoms with van der Waals surface area (Å²) >= 11 is 0. The minimum atomic E-state index is -0.489. The van der Waals surface area contributed by atoms with E-state index in [-0.39, 0.29) is 11.3 Å². The summed E-state index contributed by atoms with van der Waals surface area (Å²) in [6, 6.07) is 17.8. The summed E-state index contributed by atoms with van der Waals surface area (Å²) in [5, 5.41) is 11.6. The van der Waals surface area contributed by atoms with Gasteiger partial charge in [0.1, 0.15) is 5.56 Å². The van der Waals surface area contributed by atoms with Crippen LogP contribution in [0.15, 0.2) is 66.7 Å². The van der Waals surface area contributed by atoms with Crippen molar-refractivity contribution in [2.75, 3.05) is 14.2 Å². The van der Waals surface area contributed by atoms with Crippen molar-refractivity contribution >= 4 is 17.6 Å². The molecule has 31 heavy (non-hydrogen) atoms. The summed E-state index contributed by atoms with van der Waals surface area (Å²) in [6.45, 7) is 0. The molecule has 0 unspecified atom stereocenters. The molecule has 0 saturated heterocycles. The van der Waals surface area contributed by atoms with Gasteiger partial charge in [-0.1, -0.05) is 30.0 Å². The molecule has 0 bridgehead atoms. The second-order valence-electron chi connectivity index (χ2n) is 6.38. The fraction of sp³-hybridized carbons (Fsp3) is 0.0833. The van der Waals surface area contributed by atoms with Crippen LogP contribution in [0.5, 0.6) is 0 Å². The molecule has 0 aliphatic heterocycles. The quantitative estimate of drug-likeness (QED) is 0.274. The minimum absolute atomic E-state index is 0.131. The molecule has 154 valence electrons. The van der Waals surface area contributed by atoms with E-state index in [9.17, 15) is 19.7 Å². The molecule has 0 fully saturated rings. The topological polar surface area (TPSA) is 95.7 Å². The molecule has 3 rings (SSSR count). The number of esters is 2. The van der Waals surface area contributed by atoms with Gasteiger partial charge in [-0.2, -0.15) is 0 Å². The summed E-state index contributed by atoms with van der Waals surface area (Å²) in [4.78, 5) is 34.1. The molecule has 0 atom stereocenters. The average molecular weight is 415 g/mol. The normalized spacial score (nSPS) is 9.87. The third-order valence-electron chi connectivity index (χ3n) is 4.48. The minimum Gasteiger partial charge on any atom is -0.465 e. The Balaban J connectivity index is 1.90. The first-order valence-corrected chi connectivity index (χ1v) is 9.10. The summed E-state index contributed by atoms with van der Waals surface area (Å²) in [7, 11) is 2.60. The molecule has 0 aliphatic rings. The van der Waals surface area contributed by atoms with Crippen molar-refractivity contribution in [3.05, 3.63) is 99.1 Å². The first-order chi connectivity index (χ1) is 14.9. The maximum Gasteiger partial charge on any atom is 0.337 e. The van der Waals surface area contributed by atoms with Crippen molar-refractivity contribution in [1.82, 2.24) is 0 Å². The summed E-state index contributed by atoms with van der Waals surface area (Å²) in [6.07, 6.45) is 0. The Hall–Kier alpha value is -4.44. The van der Waals surface area contributed by atoms with Crippen LogP contribution in [0.1, 0.15) is 31.8 Å². The maximum absolute atomic E-state index is 11.6. The molecule has 0 saturated carbocycles. The number of methoxy groups -OCH3 is 2. The fourth-order valence-corrected chi connectivity index (χ4v) is 2.83. The van der Waals surface area contributed by atoms with Gasteiger partial charge >= 0.3 is 11.9 Å². The molecule has 7 nitrogen and oxygen atoms in total. The van der Waals surface area contributed by atoms with Gasteiger partial charge in [-0.15, -0.1) is 0 Å². The second-order valence-corrected chi connectivity index (χ2v) is 6.38. The number of nitro groups is 1. The molecule has 0 heterocycles. The largest absolute Gasteiger partial charge is 0.465 e. The van der Waals surface area contributed by atoms with Gasteiger partial charge in [0, 0.05) is 11.6 Å². The molecular formula is C24H17NO6. The van der Waals surface area contributed by atoms with Crippen molar-refractivity contribution < 1.29 is 24.0 Å². The van der Waals surface area contributed by atoms with Crippen LogP contribution in [-0.2, 0) is 9.47 Å². The number of carbonyl (C=O) groups is 2. The number of carbonyl (C=O) groups excluding carboxylic acids is 2. The van der Waals surface area contributed by atoms with E-state index < -0.39 is 16.9 Å². The van der Waals surface area contributed by atoms with E-state index in [2.05, 4.69) is 21.3 Å². The number of nitrogens with zero attached hydrogens (tertiary/aromatic N) is 1. The van der Waals surface area contributed by atoms with E-state index in [0.717, 1.165) is 0 Å². The molecule has 0 aromatic heterocycles. The molecule has 0 N–H and O–H groups in total. The highest BCUT2D eigenvalue weighted by atomic mass is 16.6. The van der Waals surface area contributed by atoms with Gasteiger partial charge in [0.15, 0.2) is 0 Å². The third-order valence-corrected chi connectivity index (χ3v) is 4.48. The molecule has 7 heteroatoms. The van der Waals surface area contributed by atoms with Crippen LogP contribution >= 0.6 is 0 Å². The summed E-state index contributed by atoms with van der Waals surface area (Å²) < 4.78 is 9.32. The Kier molecular flexibility index (Phi) is 6.43. The number of benzene rings is 3. The zero-order chi connectivity index (χ0) is 22.4. The molecule has 0 aliphatic carbocycles. The number of rotatable bonds is 4. The lowest BCUT2D eigenvalue weighted by Gasteiger charge is -2.05. The van der Waals surface area contributed by atoms with E-state index in [1.54, 1.807) is 60.7 Å². The zero-order valence-corrected chi connectivity index (χ0v) is 16.7. The second kappa shape index (κ2) is 9.37. The number of ether oxygens (including phenoxy) is 2. The summed E-state index contributed by atoms with van der Waals surface area (Å²) in [5.41, 5.74) is 2.85. The van der Waals surface area contributed by atoms with Gasteiger partial charge in [-0.05, 0) is 53.6 Å². The Labute approximate surface area is 178 Å². The number of nitro benzene ring substituents is 1. The van der Waals surface area contributed by atoms with Crippen LogP contribution in [0.3, 0.4) is 0 Å². The predicted octanol–water partition coefficient (Wildman–Crippen LogP) is 4.23. The van der Waals surface area contributed by atoms with Gasteiger partial charge in [0.05, 0.1) is 30.3 Å². The molecule has 0 spiro atoms. The van der Waals surface area contributed by atoms with E-state index in [4.69, 9.17) is 0 Å². The van der Waals surface area contributed by atoms with Crippen molar-refractivity contribution in [2.45, 2.75) is 0 Å². The Morgan fingerprint density at radius 1 is 0.774 bits per heavy atom. The van der Waals surface area contributed by atoms with E-state index in [0.29, 0.717) is 27.8 Å². The highest BCUT2D eigenvalue weighted by Crippen LogP contribution is 2.27. The van der Waals surface area contributed by atoms with Crippen LogP contribution in [0.4, 0.5) is 5.69 Å². The zero-order valence-electron chi connectivity index (χ0n) is 16.7. The highest BCUT2D eigenvalue weighted by Gasteiger charge is 2.14. The van der Waals surface area contributed by atoms with E-state index >= 15 is 0 Å². The average Bonchev–Trinajstić information content (AvgIpc) is 2.82. The smallest absolute Gasteiger partial charge is 0.337 e. The first kappa shape index (κ1) is 21.3. The number of hydrogen-bond donors (Lipinski definition) is 0. The lowest BCUT2D eigenvalue weighted by molar-refractivity contribution is -0.385. The Morgan fingerprint density at radius 3 is 1.81 bits per heavy atom. The predicted molar refractivity (Wildman–Crippen MR) is 114 cm³/mol. The highest BCUT2D eigenvalue weighted by molar-refractivity contribution is 5.90. The molecule has 0 amide bonds. The van der Waals surface area contributed by atoms with Gasteiger partial charge in [0.2, 0.25) is 0 Å². The molecular weight excluding hydrogens is 398 g/mol. The van der Waals surface area contributed by atoms with E-state index in [1.807, 2.05) is 0 Å². The maximum atomic E-state index is 11.6. The van der Waals surface area contributed by atoms with E-state index in [1.165, 1.54) is 20.3 Å². The van der Waals surface area contributed by atoms with Crippen LogP contribution in [0, 0.1) is 22.0 Å². The van der Waals surface area contributed by atoms with Crippen LogP contribution in [0.2, 0.25) is 0 Å². The van der Waals surface area contributed by atoms with Gasteiger partial charge in [0.25, 0.3) is 5.69 Å². The van der Waals surface area contributed by atoms with Crippen LogP contribution < -0.4 is 0 Å². The van der Waals surface area contributed by atoms with Crippen LogP contribution in [0.25, 0.3) is 11.1 Å². The lowest BCUT2D eigenvalue weighted by atomic mass is 10.0. The van der Waals surface area contributed by atoms with Crippen molar-refractivity contribution in [1.29, 1.82) is 0 Å². The number of hydrogen-bond acceptors (Lipinski definition) is 6. The molecule has 3 aromatic carbocycles. The van der Waals surface area contributed by atoms with Gasteiger partial charge in [-0.25, -0.2) is 9.59 Å². The third kappa shape index (κ3) is 4.95. The first-order valence-electron chi connectivity index (χ1n) is 9.10. The van der Waals surface area contributed by atoms with Crippen molar-refractivity contribution in [3.63, 3.8) is 0 Å². The van der Waals surface area contributed by atoms with Gasteiger partial charge < -0.3 is 9.47 Å². The fourth-order valence-electron chi connectivity index (χ4n) is 2.83. The van der Waals surface area contributed by atoms with Crippen LogP contribution in [-0.4, -0.2) is 31.1 Å². The van der Waals surface area contributed by atoms with Crippen molar-refractivity contribution in [3.8, 4) is 23.0 Å². The lowest BCUT2D eigenvalue weighted by Crippen LogP contribution is -2.00.